The first kappa shape index (κ1) is 63.7. The highest BCUT2D eigenvalue weighted by molar-refractivity contribution is 5.97. The van der Waals surface area contributed by atoms with Crippen molar-refractivity contribution in [3.8, 4) is 11.8 Å². The smallest absolute Gasteiger partial charge is 0.247 e. The Balaban J connectivity index is 0.897. The lowest BCUT2D eigenvalue weighted by atomic mass is 9.94. The average molecular weight is 1140 g/mol. The fourth-order valence-electron chi connectivity index (χ4n) is 11.0. The molecule has 10 amide bonds. The van der Waals surface area contributed by atoms with E-state index >= 15 is 0 Å². The fourth-order valence-corrected chi connectivity index (χ4v) is 11.0. The second kappa shape index (κ2) is 31.7. The van der Waals surface area contributed by atoms with E-state index in [0.717, 1.165) is 0 Å². The van der Waals surface area contributed by atoms with Crippen LogP contribution in [0.1, 0.15) is 114 Å². The Morgan fingerprint density at radius 2 is 0.866 bits per heavy atom. The number of carbonyl (C=O) groups excluding carboxylic acids is 10. The molecule has 0 saturated carbocycles. The Bertz CT molecular complexity index is 2450. The Labute approximate surface area is 478 Å². The number of rotatable bonds is 26. The van der Waals surface area contributed by atoms with Gasteiger partial charge in [0.15, 0.2) is 0 Å². The minimum Gasteiger partial charge on any atom is -0.396 e. The van der Waals surface area contributed by atoms with Crippen LogP contribution in [0.2, 0.25) is 0 Å². The molecule has 4 fully saturated rings. The van der Waals surface area contributed by atoms with Crippen molar-refractivity contribution in [2.75, 3.05) is 53.5 Å². The third-order valence-electron chi connectivity index (χ3n) is 16.0. The van der Waals surface area contributed by atoms with Gasteiger partial charge in [-0.25, -0.2) is 0 Å². The summed E-state index contributed by atoms with van der Waals surface area (Å²) in [7, 11) is 3.24. The summed E-state index contributed by atoms with van der Waals surface area (Å²) in [5.41, 5.74) is 1.01. The maximum Gasteiger partial charge on any atom is 0.247 e. The summed E-state index contributed by atoms with van der Waals surface area (Å²) >= 11 is 0. The monoisotopic (exact) mass is 1140 g/mol. The molecule has 4 saturated heterocycles. The van der Waals surface area contributed by atoms with Crippen LogP contribution >= 0.6 is 0 Å². The molecule has 0 spiro atoms. The molecule has 0 unspecified atom stereocenters. The average Bonchev–Trinajstić information content (AvgIpc) is 4.22. The van der Waals surface area contributed by atoms with Gasteiger partial charge >= 0.3 is 0 Å². The third-order valence-corrected chi connectivity index (χ3v) is 16.0. The number of aliphatic hydroxyl groups is 2. The van der Waals surface area contributed by atoms with Crippen LogP contribution in [0, 0.1) is 23.7 Å². The highest BCUT2D eigenvalue weighted by Crippen LogP contribution is 2.36. The first-order chi connectivity index (χ1) is 39.5. The second-order valence-corrected chi connectivity index (χ2v) is 21.4. The molecule has 24 nitrogen and oxygen atoms in total. The van der Waals surface area contributed by atoms with Crippen LogP contribution in [-0.2, 0) is 47.9 Å². The lowest BCUT2D eigenvalue weighted by Gasteiger charge is -2.33. The summed E-state index contributed by atoms with van der Waals surface area (Å²) in [4.78, 5) is 137. The predicted octanol–water partition coefficient (Wildman–Crippen LogP) is -1.56. The predicted molar refractivity (Wildman–Crippen MR) is 301 cm³/mol. The minimum atomic E-state index is -1.12. The molecule has 446 valence electrons. The Kier molecular flexibility index (Phi) is 24.6. The Morgan fingerprint density at radius 1 is 0.512 bits per heavy atom. The maximum atomic E-state index is 14.1. The van der Waals surface area contributed by atoms with E-state index in [1.54, 1.807) is 88.6 Å². The molecule has 4 aliphatic heterocycles. The molecule has 4 heterocycles. The first-order valence-corrected chi connectivity index (χ1v) is 28.6. The maximum absolute atomic E-state index is 14.1. The van der Waals surface area contributed by atoms with Crippen LogP contribution < -0.4 is 53.2 Å². The SMILES string of the molecule is CN[C@@H](C)C(=O)N[C@@H]1C(=O)N2[C@@H](CC[C@@H]1CO)CC[C@H]2C(=O)N[C@H](C(=O)NCCNC(=O)CCC#CCCC(=O)NCCNC(=O)[C@@H](NC(=O)[C@@H]1CC[C@@H]2CC[C@H](CO)[C@H](NC(=O)[C@H](C)NC)C(=O)N21)c1ccccc1)c1ccccc1. The van der Waals surface area contributed by atoms with E-state index < -0.39 is 107 Å². The van der Waals surface area contributed by atoms with Gasteiger partial charge in [0.05, 0.1) is 12.1 Å². The van der Waals surface area contributed by atoms with E-state index in [1.165, 1.54) is 9.80 Å². The summed E-state index contributed by atoms with van der Waals surface area (Å²) in [6.45, 7) is 2.93. The van der Waals surface area contributed by atoms with E-state index in [4.69, 9.17) is 0 Å². The van der Waals surface area contributed by atoms with Gasteiger partial charge in [-0.2, -0.15) is 0 Å². The van der Waals surface area contributed by atoms with Crippen LogP contribution in [0.4, 0.5) is 0 Å². The molecule has 0 bridgehead atoms. The van der Waals surface area contributed by atoms with Crippen molar-refractivity contribution in [2.24, 2.45) is 11.8 Å². The van der Waals surface area contributed by atoms with Crippen molar-refractivity contribution in [2.45, 2.75) is 151 Å². The van der Waals surface area contributed by atoms with Crippen LogP contribution in [0.15, 0.2) is 60.7 Å². The van der Waals surface area contributed by atoms with Crippen molar-refractivity contribution in [1.29, 1.82) is 0 Å². The highest BCUT2D eigenvalue weighted by atomic mass is 16.3. The zero-order chi connectivity index (χ0) is 59.3. The quantitative estimate of drug-likeness (QED) is 0.0375. The van der Waals surface area contributed by atoms with E-state index in [0.29, 0.717) is 62.5 Å². The lowest BCUT2D eigenvalue weighted by Crippen LogP contribution is -2.58. The van der Waals surface area contributed by atoms with E-state index in [1.807, 2.05) is 0 Å². The van der Waals surface area contributed by atoms with Crippen molar-refractivity contribution in [3.63, 3.8) is 0 Å². The van der Waals surface area contributed by atoms with Crippen LogP contribution in [0.3, 0.4) is 0 Å². The summed E-state index contributed by atoms with van der Waals surface area (Å²) < 4.78 is 0. The van der Waals surface area contributed by atoms with Crippen molar-refractivity contribution in [1.82, 2.24) is 63.0 Å². The molecule has 12 N–H and O–H groups in total. The number of hydrogen-bond donors (Lipinski definition) is 12. The van der Waals surface area contributed by atoms with Gasteiger partial charge < -0.3 is 73.2 Å². The van der Waals surface area contributed by atoms with E-state index in [9.17, 15) is 58.2 Å². The number of amides is 10. The molecule has 6 rings (SSSR count). The first-order valence-electron chi connectivity index (χ1n) is 28.6. The van der Waals surface area contributed by atoms with Gasteiger partial charge in [0.25, 0.3) is 0 Å². The molecular weight excluding hydrogens is 1060 g/mol. The molecule has 4 aliphatic rings. The lowest BCUT2D eigenvalue weighted by molar-refractivity contribution is -0.144. The molecular formula is C58H82N12O12. The van der Waals surface area contributed by atoms with E-state index in [-0.39, 0.29) is 89.0 Å². The number of nitrogens with one attached hydrogen (secondary N) is 10. The van der Waals surface area contributed by atoms with Crippen LogP contribution in [0.25, 0.3) is 0 Å². The Hall–Kier alpha value is -7.46. The second-order valence-electron chi connectivity index (χ2n) is 21.4. The highest BCUT2D eigenvalue weighted by Gasteiger charge is 2.50. The summed E-state index contributed by atoms with van der Waals surface area (Å²) in [5, 5.41) is 48.3. The van der Waals surface area contributed by atoms with Gasteiger partial charge in [-0.1, -0.05) is 60.7 Å². The standard InChI is InChI=1S/C58H82N12O12/c1-35(59-3)51(75)67-49-39(33-71)21-23-41-25-27-43(69(41)57(49)81)53(77)65-47(37-15-9-7-10-16-37)55(79)63-31-29-61-45(73)19-13-5-6-14-20-46(74)62-30-32-64-56(80)48(38-17-11-8-12-18-38)66-54(78)44-28-26-42-24-22-40(34-72)50(58(82)70(42)44)68-52(76)36(2)60-4/h7-12,15-18,35-36,39-44,47-50,59-60,71-72H,13-14,19-34H2,1-4H3,(H,61,73)(H,62,74)(H,63,79)(H,64,80)(H,65,77)(H,66,78)(H,67,75)(H,68,76)/t35-,36-,39+,40+,41-,42-,43-,44-,47-,48-,49-,50-/m0/s1. The fraction of sp³-hybridized carbons (Fsp3) is 0.586. The summed E-state index contributed by atoms with van der Waals surface area (Å²) in [6.07, 6.45) is 4.38. The van der Waals surface area contributed by atoms with Gasteiger partial charge in [-0.05, 0) is 90.4 Å². The normalized spacial score (nSPS) is 23.5. The number of aliphatic hydroxyl groups excluding tert-OH is 2. The summed E-state index contributed by atoms with van der Waals surface area (Å²) in [6, 6.07) is 9.40. The largest absolute Gasteiger partial charge is 0.396 e. The van der Waals surface area contributed by atoms with Crippen molar-refractivity contribution in [3.05, 3.63) is 71.8 Å². The van der Waals surface area contributed by atoms with Gasteiger partial charge in [0.2, 0.25) is 59.1 Å². The minimum absolute atomic E-state index is 0.0432. The van der Waals surface area contributed by atoms with Crippen LogP contribution in [0.5, 0.6) is 0 Å². The zero-order valence-corrected chi connectivity index (χ0v) is 47.3. The van der Waals surface area contributed by atoms with E-state index in [2.05, 4.69) is 65.0 Å². The zero-order valence-electron chi connectivity index (χ0n) is 47.3. The van der Waals surface area contributed by atoms with Crippen molar-refractivity contribution >= 4 is 59.1 Å². The number of likely N-dealkylation sites (N-methyl/N-ethyl adjacent to an activating group) is 2. The number of benzene rings is 2. The van der Waals surface area contributed by atoms with Gasteiger partial charge in [0.1, 0.15) is 36.3 Å². The number of fused-ring (bicyclic) bond motifs is 2. The van der Waals surface area contributed by atoms with Crippen molar-refractivity contribution < 1.29 is 58.2 Å². The number of hydrogen-bond acceptors (Lipinski definition) is 14. The molecule has 12 atom stereocenters. The van der Waals surface area contributed by atoms with Crippen LogP contribution in [-0.4, -0.2) is 181 Å². The molecule has 82 heavy (non-hydrogen) atoms. The molecule has 2 aromatic carbocycles. The molecule has 2 aromatic rings. The molecule has 24 heteroatoms. The number of nitrogens with zero attached hydrogens (tertiary/aromatic N) is 2. The summed E-state index contributed by atoms with van der Waals surface area (Å²) in [5.74, 6) is 0.260. The van der Waals surface area contributed by atoms with Gasteiger partial charge in [-0.15, -0.1) is 11.8 Å². The topological polar surface area (TPSA) is 338 Å². The van der Waals surface area contributed by atoms with Gasteiger partial charge in [-0.3, -0.25) is 47.9 Å². The number of carbonyl (C=O) groups is 10. The molecule has 0 aromatic heterocycles. The Morgan fingerprint density at radius 3 is 1.22 bits per heavy atom. The van der Waals surface area contributed by atoms with Gasteiger partial charge in [0, 0.05) is 89.0 Å². The molecule has 0 aliphatic carbocycles. The third kappa shape index (κ3) is 17.1. The molecule has 0 radical (unpaired) electrons.